The first kappa shape index (κ1) is 20.5. The van der Waals surface area contributed by atoms with Crippen LogP contribution in [-0.2, 0) is 6.42 Å². The maximum atomic E-state index is 13.1. The molecule has 0 unspecified atom stereocenters. The van der Waals surface area contributed by atoms with Crippen LogP contribution in [0.1, 0.15) is 37.4 Å². The first-order valence-electron chi connectivity index (χ1n) is 10.5. The fraction of sp³-hybridized carbons (Fsp3) is 0.0714. The Balaban J connectivity index is 1.54. The minimum atomic E-state index is -1.13. The molecular weight excluding hydrogens is 416 g/mol. The highest BCUT2D eigenvalue weighted by Gasteiger charge is 2.19. The molecule has 1 N–H and O–H groups in total. The number of aromatic carboxylic acids is 1. The number of hydrogen-bond donors (Lipinski definition) is 1. The number of ether oxygens (including phenoxy) is 1. The van der Waals surface area contributed by atoms with Crippen LogP contribution in [0.3, 0.4) is 0 Å². The van der Waals surface area contributed by atoms with E-state index in [1.165, 1.54) is 12.1 Å². The third-order valence-electron chi connectivity index (χ3n) is 5.77. The second kappa shape index (κ2) is 8.28. The van der Waals surface area contributed by atoms with Gasteiger partial charge < -0.3 is 14.3 Å². The number of carboxylic acids is 1. The second-order valence-corrected chi connectivity index (χ2v) is 7.85. The molecule has 0 radical (unpaired) electrons. The van der Waals surface area contributed by atoms with Crippen LogP contribution in [0.4, 0.5) is 0 Å². The number of rotatable bonds is 6. The average Bonchev–Trinajstić information content (AvgIpc) is 3.21. The SMILES string of the molecule is COc1ccc(Cc2ccc3oc4ccc(C(=O)c5ccccc5C(=O)O)cc4c3c2)cc1. The number of benzene rings is 4. The van der Waals surface area contributed by atoms with Crippen molar-refractivity contribution in [3.63, 3.8) is 0 Å². The van der Waals surface area contributed by atoms with Crippen molar-refractivity contribution < 1.29 is 23.8 Å². The summed E-state index contributed by atoms with van der Waals surface area (Å²) < 4.78 is 11.2. The molecule has 5 heteroatoms. The molecular formula is C28H20O5. The smallest absolute Gasteiger partial charge is 0.336 e. The Hall–Kier alpha value is -4.38. The summed E-state index contributed by atoms with van der Waals surface area (Å²) in [6.07, 6.45) is 0.747. The van der Waals surface area contributed by atoms with Crippen molar-refractivity contribution in [2.24, 2.45) is 0 Å². The van der Waals surface area contributed by atoms with E-state index < -0.39 is 5.97 Å². The number of carbonyl (C=O) groups excluding carboxylic acids is 1. The standard InChI is InChI=1S/C28H20O5/c1-32-20-10-6-17(7-11-20)14-18-8-12-25-23(15-18)24-16-19(9-13-26(24)33-25)27(29)21-4-2-3-5-22(21)28(30)31/h2-13,15-16H,14H2,1H3,(H,30,31). The molecule has 33 heavy (non-hydrogen) atoms. The van der Waals surface area contributed by atoms with Gasteiger partial charge in [0.25, 0.3) is 0 Å². The molecule has 4 aromatic carbocycles. The lowest BCUT2D eigenvalue weighted by Crippen LogP contribution is -2.09. The van der Waals surface area contributed by atoms with Gasteiger partial charge in [-0.05, 0) is 66.1 Å². The summed E-state index contributed by atoms with van der Waals surface area (Å²) in [5.74, 6) is -0.646. The summed E-state index contributed by atoms with van der Waals surface area (Å²) in [5.41, 5.74) is 4.25. The Morgan fingerprint density at radius 3 is 2.12 bits per heavy atom. The van der Waals surface area contributed by atoms with Crippen LogP contribution in [-0.4, -0.2) is 24.0 Å². The molecule has 0 aliphatic carbocycles. The maximum Gasteiger partial charge on any atom is 0.336 e. The van der Waals surface area contributed by atoms with Crippen molar-refractivity contribution in [1.82, 2.24) is 0 Å². The fourth-order valence-corrected chi connectivity index (χ4v) is 4.08. The highest BCUT2D eigenvalue weighted by atomic mass is 16.5. The maximum absolute atomic E-state index is 13.1. The van der Waals surface area contributed by atoms with Gasteiger partial charge >= 0.3 is 5.97 Å². The number of carbonyl (C=O) groups is 2. The summed E-state index contributed by atoms with van der Waals surface area (Å²) in [6, 6.07) is 25.4. The highest BCUT2D eigenvalue weighted by Crippen LogP contribution is 2.31. The summed E-state index contributed by atoms with van der Waals surface area (Å²) >= 11 is 0. The molecule has 0 fully saturated rings. The van der Waals surface area contributed by atoms with Crippen LogP contribution < -0.4 is 4.74 Å². The number of methoxy groups -OCH3 is 1. The van der Waals surface area contributed by atoms with Gasteiger partial charge in [0.05, 0.1) is 12.7 Å². The molecule has 162 valence electrons. The van der Waals surface area contributed by atoms with E-state index in [0.717, 1.165) is 39.7 Å². The lowest BCUT2D eigenvalue weighted by molar-refractivity contribution is 0.0693. The van der Waals surface area contributed by atoms with Gasteiger partial charge in [-0.1, -0.05) is 36.4 Å². The van der Waals surface area contributed by atoms with Gasteiger partial charge in [0, 0.05) is 21.9 Å². The molecule has 0 aliphatic rings. The zero-order valence-electron chi connectivity index (χ0n) is 17.9. The summed E-state index contributed by atoms with van der Waals surface area (Å²) in [6.45, 7) is 0. The molecule has 5 nitrogen and oxygen atoms in total. The molecule has 0 atom stereocenters. The molecule has 1 aromatic heterocycles. The normalized spacial score (nSPS) is 11.1. The van der Waals surface area contributed by atoms with Crippen molar-refractivity contribution in [3.8, 4) is 5.75 Å². The third-order valence-corrected chi connectivity index (χ3v) is 5.77. The van der Waals surface area contributed by atoms with Crippen molar-refractivity contribution in [2.45, 2.75) is 6.42 Å². The predicted molar refractivity (Wildman–Crippen MR) is 126 cm³/mol. The summed E-state index contributed by atoms with van der Waals surface area (Å²) in [4.78, 5) is 24.7. The van der Waals surface area contributed by atoms with Gasteiger partial charge in [-0.25, -0.2) is 4.79 Å². The Kier molecular flexibility index (Phi) is 5.15. The first-order valence-corrected chi connectivity index (χ1v) is 10.5. The number of carboxylic acid groups (broad SMARTS) is 1. The zero-order chi connectivity index (χ0) is 22.9. The van der Waals surface area contributed by atoms with Crippen LogP contribution >= 0.6 is 0 Å². The van der Waals surface area contributed by atoms with Crippen molar-refractivity contribution in [3.05, 3.63) is 113 Å². The van der Waals surface area contributed by atoms with Crippen molar-refractivity contribution >= 4 is 33.7 Å². The molecule has 0 spiro atoms. The number of hydrogen-bond acceptors (Lipinski definition) is 4. The number of furan rings is 1. The van der Waals surface area contributed by atoms with Crippen LogP contribution in [0.25, 0.3) is 21.9 Å². The second-order valence-electron chi connectivity index (χ2n) is 7.85. The topological polar surface area (TPSA) is 76.7 Å². The molecule has 5 aromatic rings. The summed E-state index contributed by atoms with van der Waals surface area (Å²) in [7, 11) is 1.65. The largest absolute Gasteiger partial charge is 0.497 e. The summed E-state index contributed by atoms with van der Waals surface area (Å²) in [5, 5.41) is 11.2. The molecule has 0 amide bonds. The molecule has 5 rings (SSSR count). The molecule has 0 saturated carbocycles. The third kappa shape index (κ3) is 3.85. The van der Waals surface area contributed by atoms with E-state index in [-0.39, 0.29) is 16.9 Å². The van der Waals surface area contributed by atoms with Crippen LogP contribution in [0.5, 0.6) is 5.75 Å². The van der Waals surface area contributed by atoms with Crippen LogP contribution in [0.2, 0.25) is 0 Å². The van der Waals surface area contributed by atoms with E-state index in [9.17, 15) is 14.7 Å². The zero-order valence-corrected chi connectivity index (χ0v) is 17.9. The monoisotopic (exact) mass is 436 g/mol. The van der Waals surface area contributed by atoms with E-state index in [1.807, 2.05) is 36.4 Å². The first-order chi connectivity index (χ1) is 16.0. The van der Waals surface area contributed by atoms with Gasteiger partial charge in [0.2, 0.25) is 0 Å². The van der Waals surface area contributed by atoms with E-state index >= 15 is 0 Å². The van der Waals surface area contributed by atoms with E-state index in [1.54, 1.807) is 37.4 Å². The minimum absolute atomic E-state index is 0.0126. The predicted octanol–water partition coefficient (Wildman–Crippen LogP) is 6.11. The Morgan fingerprint density at radius 1 is 0.788 bits per heavy atom. The molecule has 1 heterocycles. The minimum Gasteiger partial charge on any atom is -0.497 e. The van der Waals surface area contributed by atoms with Gasteiger partial charge in [-0.3, -0.25) is 4.79 Å². The molecule has 0 aliphatic heterocycles. The van der Waals surface area contributed by atoms with Gasteiger partial charge in [0.1, 0.15) is 16.9 Å². The molecule has 0 bridgehead atoms. The highest BCUT2D eigenvalue weighted by molar-refractivity contribution is 6.16. The van der Waals surface area contributed by atoms with E-state index in [0.29, 0.717) is 11.1 Å². The Labute approximate surface area is 189 Å². The van der Waals surface area contributed by atoms with Crippen LogP contribution in [0.15, 0.2) is 89.3 Å². The number of ketones is 1. The van der Waals surface area contributed by atoms with E-state index in [4.69, 9.17) is 9.15 Å². The van der Waals surface area contributed by atoms with Gasteiger partial charge in [-0.15, -0.1) is 0 Å². The lowest BCUT2D eigenvalue weighted by Gasteiger charge is -2.06. The Bertz CT molecular complexity index is 1510. The van der Waals surface area contributed by atoms with Crippen molar-refractivity contribution in [2.75, 3.05) is 7.11 Å². The lowest BCUT2D eigenvalue weighted by atomic mass is 9.96. The van der Waals surface area contributed by atoms with Gasteiger partial charge in [0.15, 0.2) is 5.78 Å². The quantitative estimate of drug-likeness (QED) is 0.325. The fourth-order valence-electron chi connectivity index (χ4n) is 4.08. The number of fused-ring (bicyclic) bond motifs is 3. The molecule has 0 saturated heterocycles. The van der Waals surface area contributed by atoms with Crippen molar-refractivity contribution in [1.29, 1.82) is 0 Å². The average molecular weight is 436 g/mol. The Morgan fingerprint density at radius 2 is 1.42 bits per heavy atom. The van der Waals surface area contributed by atoms with Crippen LogP contribution in [0, 0.1) is 0 Å². The van der Waals surface area contributed by atoms with E-state index in [2.05, 4.69) is 6.07 Å². The van der Waals surface area contributed by atoms with Gasteiger partial charge in [-0.2, -0.15) is 0 Å².